The number of hydrogen-bond acceptors (Lipinski definition) is 8. The summed E-state index contributed by atoms with van der Waals surface area (Å²) in [6.45, 7) is 7.56. The van der Waals surface area contributed by atoms with E-state index in [-0.39, 0.29) is 12.4 Å². The molecule has 2 aromatic heterocycles. The van der Waals surface area contributed by atoms with Crippen LogP contribution < -0.4 is 10.1 Å². The second kappa shape index (κ2) is 12.6. The van der Waals surface area contributed by atoms with Gasteiger partial charge < -0.3 is 14.8 Å². The Bertz CT molecular complexity index is 1760. The third-order valence-electron chi connectivity index (χ3n) is 7.57. The summed E-state index contributed by atoms with van der Waals surface area (Å²) in [6, 6.07) is 13.1. The van der Waals surface area contributed by atoms with Crippen molar-refractivity contribution in [3.05, 3.63) is 94.9 Å². The smallest absolute Gasteiger partial charge is 0.216 e. The van der Waals surface area contributed by atoms with Gasteiger partial charge >= 0.3 is 0 Å². The first kappa shape index (κ1) is 30.8. The summed E-state index contributed by atoms with van der Waals surface area (Å²) in [4.78, 5) is 13.6. The Labute approximate surface area is 259 Å². The normalized spacial score (nSPS) is 17.4. The van der Waals surface area contributed by atoms with E-state index in [1.807, 2.05) is 44.2 Å². The van der Waals surface area contributed by atoms with E-state index >= 15 is 0 Å². The fraction of sp³-hybridized carbons (Fsp3) is 0.323. The SMILES string of the molecule is CCN(C(C)C1(c2cc3c(Nc4ccc(OCc5cccc(F)c5)c(Br)c4)ncnc3cn2)CC=CO1)S(=O)(=O)C(C)C. The molecule has 0 fully saturated rings. The van der Waals surface area contributed by atoms with Gasteiger partial charge in [0.05, 0.1) is 39.4 Å². The maximum Gasteiger partial charge on any atom is 0.216 e. The maximum atomic E-state index is 13.5. The van der Waals surface area contributed by atoms with Crippen LogP contribution in [0, 0.1) is 5.82 Å². The molecule has 2 aromatic carbocycles. The predicted molar refractivity (Wildman–Crippen MR) is 168 cm³/mol. The molecule has 4 aromatic rings. The summed E-state index contributed by atoms with van der Waals surface area (Å²) in [6.07, 6.45) is 7.05. The summed E-state index contributed by atoms with van der Waals surface area (Å²) in [5, 5.41) is 3.48. The van der Waals surface area contributed by atoms with Crippen molar-refractivity contribution in [1.29, 1.82) is 0 Å². The number of pyridine rings is 1. The number of ether oxygens (including phenoxy) is 2. The molecule has 2 unspecified atom stereocenters. The molecule has 0 saturated carbocycles. The van der Waals surface area contributed by atoms with Gasteiger partial charge in [0.15, 0.2) is 5.60 Å². The predicted octanol–water partition coefficient (Wildman–Crippen LogP) is 6.83. The van der Waals surface area contributed by atoms with E-state index < -0.39 is 26.9 Å². The van der Waals surface area contributed by atoms with Gasteiger partial charge in [0, 0.05) is 24.0 Å². The fourth-order valence-electron chi connectivity index (χ4n) is 5.18. The van der Waals surface area contributed by atoms with Crippen molar-refractivity contribution in [2.75, 3.05) is 11.9 Å². The van der Waals surface area contributed by atoms with Gasteiger partial charge in [0.2, 0.25) is 10.0 Å². The van der Waals surface area contributed by atoms with Crippen LogP contribution in [0.3, 0.4) is 0 Å². The minimum Gasteiger partial charge on any atom is -0.488 e. The summed E-state index contributed by atoms with van der Waals surface area (Å²) < 4.78 is 54.3. The molecule has 43 heavy (non-hydrogen) atoms. The van der Waals surface area contributed by atoms with Gasteiger partial charge in [0.1, 0.15) is 30.3 Å². The Balaban J connectivity index is 1.44. The lowest BCUT2D eigenvalue weighted by Crippen LogP contribution is -2.53. The summed E-state index contributed by atoms with van der Waals surface area (Å²) in [5.41, 5.74) is 1.64. The number of nitrogens with zero attached hydrogens (tertiary/aromatic N) is 4. The van der Waals surface area contributed by atoms with E-state index in [0.29, 0.717) is 45.6 Å². The number of rotatable bonds is 11. The second-order valence-electron chi connectivity index (χ2n) is 10.6. The highest BCUT2D eigenvalue weighted by Crippen LogP contribution is 2.41. The summed E-state index contributed by atoms with van der Waals surface area (Å²) in [7, 11) is -3.56. The average Bonchev–Trinajstić information content (AvgIpc) is 3.48. The Morgan fingerprint density at radius 3 is 2.63 bits per heavy atom. The first-order valence-corrected chi connectivity index (χ1v) is 16.2. The molecule has 9 nitrogen and oxygen atoms in total. The number of anilines is 2. The Kier molecular flexibility index (Phi) is 9.00. The van der Waals surface area contributed by atoms with Crippen molar-refractivity contribution in [2.24, 2.45) is 0 Å². The Morgan fingerprint density at radius 2 is 1.95 bits per heavy atom. The van der Waals surface area contributed by atoms with Crippen molar-refractivity contribution in [2.45, 2.75) is 57.6 Å². The molecule has 0 bridgehead atoms. The van der Waals surface area contributed by atoms with Crippen LogP contribution in [0.1, 0.15) is 45.4 Å². The van der Waals surface area contributed by atoms with Crippen LogP contribution in [0.4, 0.5) is 15.9 Å². The number of benzene rings is 2. The van der Waals surface area contributed by atoms with Gasteiger partial charge in [0.25, 0.3) is 0 Å². The number of nitrogens with one attached hydrogen (secondary N) is 1. The van der Waals surface area contributed by atoms with E-state index in [2.05, 4.69) is 31.2 Å². The van der Waals surface area contributed by atoms with Crippen molar-refractivity contribution < 1.29 is 22.3 Å². The zero-order valence-electron chi connectivity index (χ0n) is 24.3. The van der Waals surface area contributed by atoms with E-state index in [0.717, 1.165) is 11.3 Å². The zero-order chi connectivity index (χ0) is 30.8. The van der Waals surface area contributed by atoms with Crippen molar-refractivity contribution in [1.82, 2.24) is 19.3 Å². The molecule has 0 spiro atoms. The van der Waals surface area contributed by atoms with Gasteiger partial charge in [-0.25, -0.2) is 22.8 Å². The molecule has 1 aliphatic rings. The highest BCUT2D eigenvalue weighted by Gasteiger charge is 2.48. The lowest BCUT2D eigenvalue weighted by atomic mass is 9.87. The van der Waals surface area contributed by atoms with Crippen molar-refractivity contribution in [3.63, 3.8) is 0 Å². The van der Waals surface area contributed by atoms with Crippen LogP contribution in [0.2, 0.25) is 0 Å². The quantitative estimate of drug-likeness (QED) is 0.185. The van der Waals surface area contributed by atoms with Crippen molar-refractivity contribution in [3.8, 4) is 5.75 Å². The Hall–Kier alpha value is -3.61. The Morgan fingerprint density at radius 1 is 1.14 bits per heavy atom. The fourth-order valence-corrected chi connectivity index (χ4v) is 7.18. The van der Waals surface area contributed by atoms with Crippen molar-refractivity contribution >= 4 is 48.4 Å². The molecule has 1 aliphatic heterocycles. The van der Waals surface area contributed by atoms with E-state index in [1.165, 1.54) is 22.8 Å². The third-order valence-corrected chi connectivity index (χ3v) is 10.6. The molecule has 1 N–H and O–H groups in total. The molecule has 0 radical (unpaired) electrons. The molecular weight excluding hydrogens is 637 g/mol. The highest BCUT2D eigenvalue weighted by molar-refractivity contribution is 9.10. The molecule has 5 rings (SSSR count). The average molecular weight is 671 g/mol. The molecule has 0 saturated heterocycles. The van der Waals surface area contributed by atoms with Gasteiger partial charge in [-0.3, -0.25) is 4.98 Å². The van der Waals surface area contributed by atoms with Gasteiger partial charge in [-0.1, -0.05) is 19.1 Å². The van der Waals surface area contributed by atoms with Crippen LogP contribution in [0.25, 0.3) is 10.9 Å². The highest BCUT2D eigenvalue weighted by atomic mass is 79.9. The molecule has 12 heteroatoms. The lowest BCUT2D eigenvalue weighted by molar-refractivity contribution is -0.0190. The van der Waals surface area contributed by atoms with Crippen LogP contribution in [-0.4, -0.2) is 45.5 Å². The first-order valence-electron chi connectivity index (χ1n) is 13.9. The molecule has 0 aliphatic carbocycles. The number of likely N-dealkylation sites (N-methyl/N-ethyl adjacent to an activating group) is 1. The zero-order valence-corrected chi connectivity index (χ0v) is 26.7. The standard InChI is InChI=1S/C31H33BrFN5O4S/c1-5-38(43(39,40)20(2)3)21(4)31(12-7-13-42-31)29-16-25-27(17-34-29)35-19-36-30(25)37-24-10-11-28(26(32)15-24)41-18-22-8-6-9-23(33)14-22/h6-11,13-17,19-21H,5,12,18H2,1-4H3,(H,35,36,37). The summed E-state index contributed by atoms with van der Waals surface area (Å²) in [5.74, 6) is 0.840. The number of hydrogen-bond donors (Lipinski definition) is 1. The van der Waals surface area contributed by atoms with E-state index in [4.69, 9.17) is 14.5 Å². The van der Waals surface area contributed by atoms with Gasteiger partial charge in [-0.2, -0.15) is 4.31 Å². The summed E-state index contributed by atoms with van der Waals surface area (Å²) >= 11 is 3.56. The monoisotopic (exact) mass is 669 g/mol. The maximum absolute atomic E-state index is 13.5. The van der Waals surface area contributed by atoms with Crippen LogP contribution in [-0.2, 0) is 27.0 Å². The number of sulfonamides is 1. The lowest BCUT2D eigenvalue weighted by Gasteiger charge is -2.40. The number of aromatic nitrogens is 3. The van der Waals surface area contributed by atoms with Crippen LogP contribution >= 0.6 is 15.9 Å². The van der Waals surface area contributed by atoms with Crippen LogP contribution in [0.15, 0.2) is 77.9 Å². The molecule has 226 valence electrons. The molecule has 0 amide bonds. The largest absolute Gasteiger partial charge is 0.488 e. The third kappa shape index (κ3) is 6.22. The van der Waals surface area contributed by atoms with Gasteiger partial charge in [-0.15, -0.1) is 0 Å². The topological polar surface area (TPSA) is 107 Å². The second-order valence-corrected chi connectivity index (χ2v) is 13.9. The first-order chi connectivity index (χ1) is 20.5. The minimum absolute atomic E-state index is 0.223. The number of halogens is 2. The molecule has 2 atom stereocenters. The van der Waals surface area contributed by atoms with E-state index in [9.17, 15) is 12.8 Å². The number of fused-ring (bicyclic) bond motifs is 1. The molecule has 3 heterocycles. The van der Waals surface area contributed by atoms with E-state index in [1.54, 1.807) is 38.4 Å². The minimum atomic E-state index is -3.56. The van der Waals surface area contributed by atoms with Crippen LogP contribution in [0.5, 0.6) is 5.75 Å². The van der Waals surface area contributed by atoms with Gasteiger partial charge in [-0.05, 0) is 84.7 Å². The molecular formula is C31H33BrFN5O4S.